The third-order valence-corrected chi connectivity index (χ3v) is 2.59. The van der Waals surface area contributed by atoms with E-state index in [1.54, 1.807) is 0 Å². The topological polar surface area (TPSA) is 26.3 Å². The number of hydrogen-bond donors (Lipinski definition) is 0. The van der Waals surface area contributed by atoms with Crippen molar-refractivity contribution in [1.82, 2.24) is 0 Å². The molecule has 0 saturated heterocycles. The number of ether oxygens (including phenoxy) is 1. The first kappa shape index (κ1) is 9.97. The summed E-state index contributed by atoms with van der Waals surface area (Å²) in [6.07, 6.45) is 3.66. The number of rotatable bonds is 2. The summed E-state index contributed by atoms with van der Waals surface area (Å²) in [7, 11) is 0. The number of benzene rings is 1. The molecule has 0 heterocycles. The molecule has 0 unspecified atom stereocenters. The van der Waals surface area contributed by atoms with Crippen LogP contribution in [-0.4, -0.2) is 12.6 Å². The predicted octanol–water partition coefficient (Wildman–Crippen LogP) is 2.58. The fourth-order valence-electron chi connectivity index (χ4n) is 1.82. The van der Waals surface area contributed by atoms with Crippen molar-refractivity contribution in [2.75, 3.05) is 6.61 Å². The molecular formula is C13H14O2. The van der Waals surface area contributed by atoms with Crippen molar-refractivity contribution in [1.29, 1.82) is 0 Å². The fourth-order valence-corrected chi connectivity index (χ4v) is 1.82. The van der Waals surface area contributed by atoms with Gasteiger partial charge in [0.1, 0.15) is 0 Å². The summed E-state index contributed by atoms with van der Waals surface area (Å²) in [6, 6.07) is 8.16. The Hall–Kier alpha value is -1.57. The van der Waals surface area contributed by atoms with E-state index in [0.29, 0.717) is 6.61 Å². The van der Waals surface area contributed by atoms with Gasteiger partial charge in [-0.1, -0.05) is 24.3 Å². The van der Waals surface area contributed by atoms with E-state index in [-0.39, 0.29) is 5.97 Å². The van der Waals surface area contributed by atoms with Crippen LogP contribution in [0.1, 0.15) is 24.5 Å². The summed E-state index contributed by atoms with van der Waals surface area (Å²) in [5, 5.41) is 0. The molecule has 0 bridgehead atoms. The highest BCUT2D eigenvalue weighted by Crippen LogP contribution is 2.24. The van der Waals surface area contributed by atoms with E-state index in [1.165, 1.54) is 5.56 Å². The van der Waals surface area contributed by atoms with Gasteiger partial charge in [0.2, 0.25) is 0 Å². The van der Waals surface area contributed by atoms with Crippen LogP contribution in [0.2, 0.25) is 0 Å². The van der Waals surface area contributed by atoms with Gasteiger partial charge in [0, 0.05) is 5.57 Å². The van der Waals surface area contributed by atoms with Crippen molar-refractivity contribution in [3.05, 3.63) is 41.0 Å². The molecule has 0 fully saturated rings. The van der Waals surface area contributed by atoms with Crippen LogP contribution >= 0.6 is 0 Å². The third kappa shape index (κ3) is 2.09. The Morgan fingerprint density at radius 3 is 2.93 bits per heavy atom. The minimum atomic E-state index is -0.174. The van der Waals surface area contributed by atoms with E-state index in [4.69, 9.17) is 4.74 Å². The van der Waals surface area contributed by atoms with E-state index in [9.17, 15) is 4.79 Å². The highest BCUT2D eigenvalue weighted by Gasteiger charge is 2.16. The summed E-state index contributed by atoms with van der Waals surface area (Å²) in [4.78, 5) is 11.5. The predicted molar refractivity (Wildman–Crippen MR) is 59.4 cm³/mol. The molecule has 0 aliphatic heterocycles. The Kier molecular flexibility index (Phi) is 2.86. The quantitative estimate of drug-likeness (QED) is 0.689. The zero-order valence-corrected chi connectivity index (χ0v) is 8.82. The zero-order chi connectivity index (χ0) is 10.7. The standard InChI is InChI=1S/C13H14O2/c1-2-15-13(14)12-8-7-10-5-3-4-6-11(10)9-12/h3-6,9H,2,7-8H2,1H3. The lowest BCUT2D eigenvalue weighted by Gasteiger charge is -2.14. The first-order valence-electron chi connectivity index (χ1n) is 5.27. The van der Waals surface area contributed by atoms with Crippen molar-refractivity contribution in [3.63, 3.8) is 0 Å². The Morgan fingerprint density at radius 1 is 1.33 bits per heavy atom. The average Bonchev–Trinajstić information content (AvgIpc) is 2.29. The highest BCUT2D eigenvalue weighted by molar-refractivity contribution is 5.94. The zero-order valence-electron chi connectivity index (χ0n) is 8.82. The van der Waals surface area contributed by atoms with Gasteiger partial charge in [-0.15, -0.1) is 0 Å². The largest absolute Gasteiger partial charge is 0.463 e. The fraction of sp³-hybridized carbons (Fsp3) is 0.308. The van der Waals surface area contributed by atoms with Gasteiger partial charge in [0.15, 0.2) is 0 Å². The maximum Gasteiger partial charge on any atom is 0.334 e. The average molecular weight is 202 g/mol. The molecule has 1 aromatic rings. The molecule has 2 heteroatoms. The maximum atomic E-state index is 11.5. The number of carbonyl (C=O) groups excluding carboxylic acids is 1. The highest BCUT2D eigenvalue weighted by atomic mass is 16.5. The van der Waals surface area contributed by atoms with Gasteiger partial charge in [-0.2, -0.15) is 0 Å². The van der Waals surface area contributed by atoms with Crippen LogP contribution in [0.25, 0.3) is 6.08 Å². The van der Waals surface area contributed by atoms with E-state index in [1.807, 2.05) is 31.2 Å². The molecule has 0 radical (unpaired) electrons. The summed E-state index contributed by atoms with van der Waals surface area (Å²) in [6.45, 7) is 2.27. The molecule has 1 aliphatic carbocycles. The van der Waals surface area contributed by atoms with Crippen molar-refractivity contribution >= 4 is 12.0 Å². The summed E-state index contributed by atoms with van der Waals surface area (Å²) >= 11 is 0. The minimum Gasteiger partial charge on any atom is -0.463 e. The smallest absolute Gasteiger partial charge is 0.334 e. The first-order valence-corrected chi connectivity index (χ1v) is 5.27. The van der Waals surface area contributed by atoms with E-state index < -0.39 is 0 Å². The Bertz CT molecular complexity index is 405. The third-order valence-electron chi connectivity index (χ3n) is 2.59. The lowest BCUT2D eigenvalue weighted by atomic mass is 9.92. The molecule has 0 N–H and O–H groups in total. The number of hydrogen-bond acceptors (Lipinski definition) is 2. The van der Waals surface area contributed by atoms with Crippen LogP contribution in [0.4, 0.5) is 0 Å². The van der Waals surface area contributed by atoms with Gasteiger partial charge >= 0.3 is 5.97 Å². The Morgan fingerprint density at radius 2 is 2.13 bits per heavy atom. The van der Waals surface area contributed by atoms with Crippen LogP contribution in [0.3, 0.4) is 0 Å². The van der Waals surface area contributed by atoms with Crippen LogP contribution in [-0.2, 0) is 16.0 Å². The molecule has 1 aliphatic rings. The van der Waals surface area contributed by atoms with Crippen LogP contribution in [0.5, 0.6) is 0 Å². The number of carbonyl (C=O) groups is 1. The first-order chi connectivity index (χ1) is 7.31. The molecular weight excluding hydrogens is 188 g/mol. The van der Waals surface area contributed by atoms with Crippen molar-refractivity contribution in [3.8, 4) is 0 Å². The second kappa shape index (κ2) is 4.30. The van der Waals surface area contributed by atoms with Gasteiger partial charge in [-0.25, -0.2) is 4.79 Å². The SMILES string of the molecule is CCOC(=O)C1=Cc2ccccc2CC1. The van der Waals surface area contributed by atoms with Crippen molar-refractivity contribution in [2.45, 2.75) is 19.8 Å². The van der Waals surface area contributed by atoms with Crippen molar-refractivity contribution < 1.29 is 9.53 Å². The van der Waals surface area contributed by atoms with Gasteiger partial charge < -0.3 is 4.74 Å². The summed E-state index contributed by atoms with van der Waals surface area (Å²) < 4.78 is 4.99. The second-order valence-corrected chi connectivity index (χ2v) is 3.59. The second-order valence-electron chi connectivity index (χ2n) is 3.59. The number of fused-ring (bicyclic) bond motifs is 1. The molecule has 0 aromatic heterocycles. The Labute approximate surface area is 89.6 Å². The molecule has 15 heavy (non-hydrogen) atoms. The lowest BCUT2D eigenvalue weighted by Crippen LogP contribution is -2.11. The maximum absolute atomic E-state index is 11.5. The molecule has 78 valence electrons. The summed E-state index contributed by atoms with van der Waals surface area (Å²) in [5.74, 6) is -0.174. The van der Waals surface area contributed by atoms with Gasteiger partial charge in [0.25, 0.3) is 0 Å². The van der Waals surface area contributed by atoms with E-state index in [2.05, 4.69) is 6.07 Å². The molecule has 2 rings (SSSR count). The number of esters is 1. The normalized spacial score (nSPS) is 14.1. The van der Waals surface area contributed by atoms with Crippen LogP contribution in [0, 0.1) is 0 Å². The molecule has 0 atom stereocenters. The van der Waals surface area contributed by atoms with Gasteiger partial charge in [0.05, 0.1) is 6.61 Å². The molecule has 0 amide bonds. The van der Waals surface area contributed by atoms with E-state index in [0.717, 1.165) is 24.0 Å². The van der Waals surface area contributed by atoms with Gasteiger partial charge in [-0.05, 0) is 37.0 Å². The van der Waals surface area contributed by atoms with Crippen LogP contribution < -0.4 is 0 Å². The number of aryl methyl sites for hydroxylation is 1. The summed E-state index contributed by atoms with van der Waals surface area (Å²) in [5.41, 5.74) is 3.24. The minimum absolute atomic E-state index is 0.174. The monoisotopic (exact) mass is 202 g/mol. The van der Waals surface area contributed by atoms with Gasteiger partial charge in [-0.3, -0.25) is 0 Å². The van der Waals surface area contributed by atoms with Crippen molar-refractivity contribution in [2.24, 2.45) is 0 Å². The molecule has 0 spiro atoms. The molecule has 1 aromatic carbocycles. The Balaban J connectivity index is 2.25. The van der Waals surface area contributed by atoms with E-state index >= 15 is 0 Å². The van der Waals surface area contributed by atoms with Crippen LogP contribution in [0.15, 0.2) is 29.8 Å². The molecule has 0 saturated carbocycles. The lowest BCUT2D eigenvalue weighted by molar-refractivity contribution is -0.138. The molecule has 2 nitrogen and oxygen atoms in total.